The molecule has 1 N–H and O–H groups in total. The molecule has 1 heterocycles. The van der Waals surface area contributed by atoms with E-state index in [9.17, 15) is 13.2 Å². The van der Waals surface area contributed by atoms with Gasteiger partial charge in [0, 0.05) is 20.3 Å². The van der Waals surface area contributed by atoms with E-state index in [4.69, 9.17) is 11.6 Å². The Morgan fingerprint density at radius 2 is 2.11 bits per heavy atom. The van der Waals surface area contributed by atoms with Crippen LogP contribution in [0.4, 0.5) is 18.9 Å². The summed E-state index contributed by atoms with van der Waals surface area (Å²) in [5.74, 6) is 0. The SMILES string of the molecule is FC(F)(F)c1cc(NCc2cnc(Cl)s2)ccc1I. The fraction of sp³-hybridized carbons (Fsp3) is 0.182. The van der Waals surface area contributed by atoms with E-state index in [1.54, 1.807) is 34.9 Å². The first-order chi connectivity index (χ1) is 8.86. The summed E-state index contributed by atoms with van der Waals surface area (Å²) in [6, 6.07) is 4.15. The molecule has 0 saturated carbocycles. The normalized spacial score (nSPS) is 11.6. The first-order valence-electron chi connectivity index (χ1n) is 5.07. The molecule has 1 aromatic carbocycles. The molecule has 2 rings (SSSR count). The molecule has 0 fully saturated rings. The number of thiazole rings is 1. The summed E-state index contributed by atoms with van der Waals surface area (Å²) in [5, 5.41) is 2.92. The van der Waals surface area contributed by atoms with Crippen LogP contribution < -0.4 is 5.32 Å². The first-order valence-corrected chi connectivity index (χ1v) is 7.34. The molecule has 0 aliphatic rings. The summed E-state index contributed by atoms with van der Waals surface area (Å²) in [7, 11) is 0. The fourth-order valence-corrected chi connectivity index (χ4v) is 2.97. The van der Waals surface area contributed by atoms with E-state index < -0.39 is 11.7 Å². The second kappa shape index (κ2) is 5.84. The molecule has 0 saturated heterocycles. The molecule has 0 bridgehead atoms. The molecule has 8 heteroatoms. The van der Waals surface area contributed by atoms with Crippen LogP contribution in [0.5, 0.6) is 0 Å². The molecule has 0 atom stereocenters. The van der Waals surface area contributed by atoms with Crippen molar-refractivity contribution in [1.29, 1.82) is 0 Å². The maximum absolute atomic E-state index is 12.7. The summed E-state index contributed by atoms with van der Waals surface area (Å²) in [6.07, 6.45) is -2.75. The van der Waals surface area contributed by atoms with E-state index in [0.29, 0.717) is 16.7 Å². The van der Waals surface area contributed by atoms with Crippen LogP contribution in [0, 0.1) is 3.57 Å². The highest BCUT2D eigenvalue weighted by atomic mass is 127. The van der Waals surface area contributed by atoms with Gasteiger partial charge < -0.3 is 5.32 Å². The number of rotatable bonds is 3. The Kier molecular flexibility index (Phi) is 4.57. The molecular weight excluding hydrogens is 412 g/mol. The molecule has 0 radical (unpaired) electrons. The standard InChI is InChI=1S/C11H7ClF3IN2S/c12-10-18-5-7(19-10)4-17-6-1-2-9(16)8(3-6)11(13,14)15/h1-3,5,17H,4H2. The van der Waals surface area contributed by atoms with Gasteiger partial charge in [0.05, 0.1) is 12.1 Å². The van der Waals surface area contributed by atoms with E-state index in [0.717, 1.165) is 10.9 Å². The van der Waals surface area contributed by atoms with Crippen molar-refractivity contribution < 1.29 is 13.2 Å². The average molecular weight is 419 g/mol. The molecule has 102 valence electrons. The van der Waals surface area contributed by atoms with Gasteiger partial charge in [-0.25, -0.2) is 4.98 Å². The molecule has 2 aromatic rings. The van der Waals surface area contributed by atoms with Crippen LogP contribution in [-0.4, -0.2) is 4.98 Å². The van der Waals surface area contributed by atoms with E-state index in [-0.39, 0.29) is 3.57 Å². The maximum Gasteiger partial charge on any atom is 0.417 e. The van der Waals surface area contributed by atoms with Crippen molar-refractivity contribution in [3.63, 3.8) is 0 Å². The Hall–Kier alpha value is -0.540. The minimum atomic E-state index is -4.35. The van der Waals surface area contributed by atoms with Crippen LogP contribution in [0.3, 0.4) is 0 Å². The lowest BCUT2D eigenvalue weighted by Gasteiger charge is -2.12. The molecule has 0 aliphatic carbocycles. The smallest absolute Gasteiger partial charge is 0.380 e. The Labute approximate surface area is 130 Å². The van der Waals surface area contributed by atoms with Gasteiger partial charge in [0.25, 0.3) is 0 Å². The quantitative estimate of drug-likeness (QED) is 0.707. The van der Waals surface area contributed by atoms with Gasteiger partial charge in [-0.1, -0.05) is 11.6 Å². The van der Waals surface area contributed by atoms with Crippen LogP contribution in [-0.2, 0) is 12.7 Å². The molecule has 0 unspecified atom stereocenters. The predicted molar refractivity (Wildman–Crippen MR) is 78.6 cm³/mol. The third-order valence-corrected chi connectivity index (χ3v) is 4.32. The van der Waals surface area contributed by atoms with E-state index >= 15 is 0 Å². The third kappa shape index (κ3) is 3.96. The number of hydrogen-bond acceptors (Lipinski definition) is 3. The molecule has 2 nitrogen and oxygen atoms in total. The first kappa shape index (κ1) is 14.9. The molecule has 0 aliphatic heterocycles. The van der Waals surface area contributed by atoms with Crippen LogP contribution in [0.15, 0.2) is 24.4 Å². The number of nitrogens with zero attached hydrogens (tertiary/aromatic N) is 1. The van der Waals surface area contributed by atoms with Gasteiger partial charge in [-0.15, -0.1) is 11.3 Å². The highest BCUT2D eigenvalue weighted by molar-refractivity contribution is 14.1. The number of benzene rings is 1. The Bertz CT molecular complexity index is 586. The molecule has 1 aromatic heterocycles. The zero-order chi connectivity index (χ0) is 14.0. The van der Waals surface area contributed by atoms with Crippen molar-refractivity contribution in [2.45, 2.75) is 12.7 Å². The number of nitrogens with one attached hydrogen (secondary N) is 1. The second-order valence-electron chi connectivity index (χ2n) is 3.63. The summed E-state index contributed by atoms with van der Waals surface area (Å²) >= 11 is 8.64. The topological polar surface area (TPSA) is 24.9 Å². The van der Waals surface area contributed by atoms with Gasteiger partial charge >= 0.3 is 6.18 Å². The summed E-state index contributed by atoms with van der Waals surface area (Å²) in [6.45, 7) is 0.391. The van der Waals surface area contributed by atoms with Crippen molar-refractivity contribution in [1.82, 2.24) is 4.98 Å². The lowest BCUT2D eigenvalue weighted by Crippen LogP contribution is -2.08. The van der Waals surface area contributed by atoms with Gasteiger partial charge in [0.2, 0.25) is 0 Å². The van der Waals surface area contributed by atoms with Gasteiger partial charge in [0.15, 0.2) is 4.47 Å². The van der Waals surface area contributed by atoms with Crippen LogP contribution >= 0.6 is 45.5 Å². The molecule has 0 spiro atoms. The number of alkyl halides is 3. The highest BCUT2D eigenvalue weighted by Crippen LogP contribution is 2.34. The van der Waals surface area contributed by atoms with Crippen LogP contribution in [0.1, 0.15) is 10.4 Å². The summed E-state index contributed by atoms with van der Waals surface area (Å²) < 4.78 is 38.8. The van der Waals surface area contributed by atoms with Crippen LogP contribution in [0.2, 0.25) is 4.47 Å². The number of anilines is 1. The molecule has 0 amide bonds. The van der Waals surface area contributed by atoms with Crippen molar-refractivity contribution in [2.24, 2.45) is 0 Å². The number of halogens is 5. The van der Waals surface area contributed by atoms with E-state index in [1.807, 2.05) is 0 Å². The lowest BCUT2D eigenvalue weighted by atomic mass is 10.2. The monoisotopic (exact) mass is 418 g/mol. The van der Waals surface area contributed by atoms with Crippen molar-refractivity contribution in [3.05, 3.63) is 42.9 Å². The van der Waals surface area contributed by atoms with E-state index in [1.165, 1.54) is 17.4 Å². The predicted octanol–water partition coefficient (Wildman–Crippen LogP) is 5.03. The number of hydrogen-bond donors (Lipinski definition) is 1. The third-order valence-electron chi connectivity index (χ3n) is 2.26. The minimum absolute atomic E-state index is 0.177. The van der Waals surface area contributed by atoms with Gasteiger partial charge in [-0.2, -0.15) is 13.2 Å². The minimum Gasteiger partial charge on any atom is -0.380 e. The van der Waals surface area contributed by atoms with Gasteiger partial charge in [0.1, 0.15) is 0 Å². The zero-order valence-electron chi connectivity index (χ0n) is 9.26. The molecular formula is C11H7ClF3IN2S. The van der Waals surface area contributed by atoms with E-state index in [2.05, 4.69) is 10.3 Å². The lowest BCUT2D eigenvalue weighted by molar-refractivity contribution is -0.138. The maximum atomic E-state index is 12.7. The van der Waals surface area contributed by atoms with Gasteiger partial charge in [-0.3, -0.25) is 0 Å². The second-order valence-corrected chi connectivity index (χ2v) is 6.48. The van der Waals surface area contributed by atoms with Crippen molar-refractivity contribution in [3.8, 4) is 0 Å². The Balaban J connectivity index is 2.13. The average Bonchev–Trinajstić information content (AvgIpc) is 2.72. The van der Waals surface area contributed by atoms with Gasteiger partial charge in [-0.05, 0) is 40.8 Å². The largest absolute Gasteiger partial charge is 0.417 e. The summed E-state index contributed by atoms with van der Waals surface area (Å²) in [4.78, 5) is 4.72. The number of aromatic nitrogens is 1. The van der Waals surface area contributed by atoms with Crippen molar-refractivity contribution >= 4 is 51.2 Å². The fourth-order valence-electron chi connectivity index (χ4n) is 1.41. The zero-order valence-corrected chi connectivity index (χ0v) is 13.0. The molecule has 19 heavy (non-hydrogen) atoms. The van der Waals surface area contributed by atoms with Crippen molar-refractivity contribution in [2.75, 3.05) is 5.32 Å². The highest BCUT2D eigenvalue weighted by Gasteiger charge is 2.33. The Morgan fingerprint density at radius 1 is 1.37 bits per heavy atom. The summed E-state index contributed by atoms with van der Waals surface area (Å²) in [5.41, 5.74) is -0.224. The van der Waals surface area contributed by atoms with Crippen LogP contribution in [0.25, 0.3) is 0 Å². The Morgan fingerprint density at radius 3 is 2.68 bits per heavy atom.